The molecule has 3 rings (SSSR count). The van der Waals surface area contributed by atoms with Crippen molar-refractivity contribution in [2.45, 2.75) is 19.0 Å². The van der Waals surface area contributed by atoms with Crippen molar-refractivity contribution < 1.29 is 14.0 Å². The SMILES string of the molecule is N[C@@H](Cc1ccccc1)C(=O)N1CCN(Cc2cccc(F)c2)C(=O)C1. The summed E-state index contributed by atoms with van der Waals surface area (Å²) in [5.41, 5.74) is 7.77. The van der Waals surface area contributed by atoms with Gasteiger partial charge in [-0.25, -0.2) is 4.39 Å². The van der Waals surface area contributed by atoms with E-state index in [0.717, 1.165) is 11.1 Å². The zero-order valence-electron chi connectivity index (χ0n) is 14.5. The standard InChI is InChI=1S/C20H22FN3O2/c21-17-8-4-7-16(11-17)13-23-9-10-24(14-19(23)25)20(26)18(22)12-15-5-2-1-3-6-15/h1-8,11,18H,9-10,12-14,22H2/t18-/m0/s1. The van der Waals surface area contributed by atoms with Crippen molar-refractivity contribution in [2.24, 2.45) is 5.73 Å². The molecule has 0 saturated carbocycles. The van der Waals surface area contributed by atoms with E-state index in [1.165, 1.54) is 17.0 Å². The maximum Gasteiger partial charge on any atom is 0.242 e. The van der Waals surface area contributed by atoms with E-state index in [-0.39, 0.29) is 24.2 Å². The molecular formula is C20H22FN3O2. The summed E-state index contributed by atoms with van der Waals surface area (Å²) in [6, 6.07) is 15.1. The number of amides is 2. The first-order valence-corrected chi connectivity index (χ1v) is 8.63. The van der Waals surface area contributed by atoms with E-state index in [0.29, 0.717) is 26.1 Å². The molecule has 2 aromatic rings. The number of nitrogens with two attached hydrogens (primary N) is 1. The summed E-state index contributed by atoms with van der Waals surface area (Å²) in [6.07, 6.45) is 0.442. The van der Waals surface area contributed by atoms with E-state index >= 15 is 0 Å². The quantitative estimate of drug-likeness (QED) is 0.885. The number of hydrogen-bond donors (Lipinski definition) is 1. The van der Waals surface area contributed by atoms with E-state index in [9.17, 15) is 14.0 Å². The maximum absolute atomic E-state index is 13.3. The Morgan fingerprint density at radius 2 is 1.81 bits per heavy atom. The minimum absolute atomic E-state index is 0.0106. The molecule has 6 heteroatoms. The molecule has 2 N–H and O–H groups in total. The number of hydrogen-bond acceptors (Lipinski definition) is 3. The molecule has 0 bridgehead atoms. The Morgan fingerprint density at radius 3 is 2.50 bits per heavy atom. The Morgan fingerprint density at radius 1 is 1.08 bits per heavy atom. The number of rotatable bonds is 5. The summed E-state index contributed by atoms with van der Waals surface area (Å²) < 4.78 is 13.3. The van der Waals surface area contributed by atoms with Crippen LogP contribution in [-0.4, -0.2) is 47.3 Å². The first kappa shape index (κ1) is 18.1. The predicted octanol–water partition coefficient (Wildman–Crippen LogP) is 1.57. The van der Waals surface area contributed by atoms with Crippen molar-refractivity contribution in [3.05, 3.63) is 71.5 Å². The molecule has 1 aliphatic rings. The molecule has 1 saturated heterocycles. The number of carbonyl (C=O) groups excluding carboxylic acids is 2. The van der Waals surface area contributed by atoms with Crippen LogP contribution in [0.2, 0.25) is 0 Å². The lowest BCUT2D eigenvalue weighted by atomic mass is 10.1. The summed E-state index contributed by atoms with van der Waals surface area (Å²) in [5.74, 6) is -0.691. The zero-order chi connectivity index (χ0) is 18.5. The average molecular weight is 355 g/mol. The Bertz CT molecular complexity index is 782. The maximum atomic E-state index is 13.3. The molecule has 2 aromatic carbocycles. The lowest BCUT2D eigenvalue weighted by Crippen LogP contribution is -2.55. The van der Waals surface area contributed by atoms with Crippen LogP contribution in [0.5, 0.6) is 0 Å². The molecule has 1 heterocycles. The van der Waals surface area contributed by atoms with E-state index in [2.05, 4.69) is 0 Å². The second-order valence-corrected chi connectivity index (χ2v) is 6.50. The third-order valence-electron chi connectivity index (χ3n) is 4.51. The zero-order valence-corrected chi connectivity index (χ0v) is 14.5. The summed E-state index contributed by atoms with van der Waals surface area (Å²) in [4.78, 5) is 28.1. The summed E-state index contributed by atoms with van der Waals surface area (Å²) >= 11 is 0. The largest absolute Gasteiger partial charge is 0.335 e. The van der Waals surface area contributed by atoms with Crippen LogP contribution >= 0.6 is 0 Å². The van der Waals surface area contributed by atoms with Gasteiger partial charge in [0.2, 0.25) is 11.8 Å². The third kappa shape index (κ3) is 4.46. The second kappa shape index (κ2) is 8.10. The third-order valence-corrected chi connectivity index (χ3v) is 4.51. The molecule has 0 unspecified atom stereocenters. The summed E-state index contributed by atoms with van der Waals surface area (Å²) in [6.45, 7) is 1.20. The highest BCUT2D eigenvalue weighted by molar-refractivity contribution is 5.88. The van der Waals surface area contributed by atoms with Gasteiger partial charge in [-0.3, -0.25) is 9.59 Å². The average Bonchev–Trinajstić information content (AvgIpc) is 2.63. The van der Waals surface area contributed by atoms with E-state index in [4.69, 9.17) is 5.73 Å². The van der Waals surface area contributed by atoms with Crippen molar-refractivity contribution >= 4 is 11.8 Å². The highest BCUT2D eigenvalue weighted by atomic mass is 19.1. The number of carbonyl (C=O) groups is 2. The van der Waals surface area contributed by atoms with Gasteiger partial charge in [-0.15, -0.1) is 0 Å². The molecule has 1 aliphatic heterocycles. The first-order chi connectivity index (χ1) is 12.5. The molecule has 136 valence electrons. The van der Waals surface area contributed by atoms with Crippen LogP contribution in [0, 0.1) is 5.82 Å². The van der Waals surface area contributed by atoms with Gasteiger partial charge in [0.1, 0.15) is 5.82 Å². The first-order valence-electron chi connectivity index (χ1n) is 8.63. The lowest BCUT2D eigenvalue weighted by molar-refractivity contribution is -0.146. The van der Waals surface area contributed by atoms with Gasteiger partial charge < -0.3 is 15.5 Å². The van der Waals surface area contributed by atoms with Crippen molar-refractivity contribution in [1.82, 2.24) is 9.80 Å². The van der Waals surface area contributed by atoms with Gasteiger partial charge in [-0.1, -0.05) is 42.5 Å². The minimum atomic E-state index is -0.667. The van der Waals surface area contributed by atoms with Crippen LogP contribution in [0.4, 0.5) is 4.39 Å². The monoisotopic (exact) mass is 355 g/mol. The number of halogens is 1. The molecule has 2 amide bonds. The lowest BCUT2D eigenvalue weighted by Gasteiger charge is -2.35. The molecule has 5 nitrogen and oxygen atoms in total. The van der Waals surface area contributed by atoms with Gasteiger partial charge >= 0.3 is 0 Å². The molecule has 0 radical (unpaired) electrons. The normalized spacial score (nSPS) is 15.8. The minimum Gasteiger partial charge on any atom is -0.335 e. The van der Waals surface area contributed by atoms with Crippen LogP contribution in [0.1, 0.15) is 11.1 Å². The molecule has 0 aromatic heterocycles. The number of piperazine rings is 1. The van der Waals surface area contributed by atoms with Gasteiger partial charge in [0.15, 0.2) is 0 Å². The van der Waals surface area contributed by atoms with Crippen LogP contribution in [0.25, 0.3) is 0 Å². The molecule has 0 aliphatic carbocycles. The summed E-state index contributed by atoms with van der Waals surface area (Å²) in [7, 11) is 0. The van der Waals surface area contributed by atoms with Gasteiger partial charge in [0.25, 0.3) is 0 Å². The molecule has 1 atom stereocenters. The molecular weight excluding hydrogens is 333 g/mol. The highest BCUT2D eigenvalue weighted by Gasteiger charge is 2.29. The van der Waals surface area contributed by atoms with Gasteiger partial charge in [0, 0.05) is 19.6 Å². The van der Waals surface area contributed by atoms with E-state index in [1.54, 1.807) is 17.0 Å². The smallest absolute Gasteiger partial charge is 0.242 e. The molecule has 1 fully saturated rings. The fourth-order valence-corrected chi connectivity index (χ4v) is 3.11. The molecule has 26 heavy (non-hydrogen) atoms. The van der Waals surface area contributed by atoms with Crippen molar-refractivity contribution in [2.75, 3.05) is 19.6 Å². The molecule has 0 spiro atoms. The summed E-state index contributed by atoms with van der Waals surface area (Å²) in [5, 5.41) is 0. The fraction of sp³-hybridized carbons (Fsp3) is 0.300. The predicted molar refractivity (Wildman–Crippen MR) is 96.5 cm³/mol. The van der Waals surface area contributed by atoms with Gasteiger partial charge in [0.05, 0.1) is 12.6 Å². The van der Waals surface area contributed by atoms with Crippen LogP contribution in [-0.2, 0) is 22.6 Å². The Labute approximate surface area is 152 Å². The Balaban J connectivity index is 1.56. The number of benzene rings is 2. The fourth-order valence-electron chi connectivity index (χ4n) is 3.11. The topological polar surface area (TPSA) is 66.6 Å². The Kier molecular flexibility index (Phi) is 5.63. The van der Waals surface area contributed by atoms with Crippen molar-refractivity contribution in [1.29, 1.82) is 0 Å². The van der Waals surface area contributed by atoms with Crippen molar-refractivity contribution in [3.8, 4) is 0 Å². The Hall–Kier alpha value is -2.73. The van der Waals surface area contributed by atoms with Crippen LogP contribution in [0.3, 0.4) is 0 Å². The van der Waals surface area contributed by atoms with Gasteiger partial charge in [-0.2, -0.15) is 0 Å². The van der Waals surface area contributed by atoms with E-state index in [1.807, 2.05) is 30.3 Å². The van der Waals surface area contributed by atoms with Crippen molar-refractivity contribution in [3.63, 3.8) is 0 Å². The van der Waals surface area contributed by atoms with Crippen LogP contribution < -0.4 is 5.73 Å². The van der Waals surface area contributed by atoms with Crippen LogP contribution in [0.15, 0.2) is 54.6 Å². The van der Waals surface area contributed by atoms with Gasteiger partial charge in [-0.05, 0) is 29.7 Å². The highest BCUT2D eigenvalue weighted by Crippen LogP contribution is 2.12. The van der Waals surface area contributed by atoms with E-state index < -0.39 is 6.04 Å². The number of nitrogens with zero attached hydrogens (tertiary/aromatic N) is 2. The second-order valence-electron chi connectivity index (χ2n) is 6.50.